The first kappa shape index (κ1) is 14.1. The van der Waals surface area contributed by atoms with Gasteiger partial charge in [0.2, 0.25) is 0 Å². The molecule has 1 fully saturated rings. The number of nitrogens with zero attached hydrogens (tertiary/aromatic N) is 3. The van der Waals surface area contributed by atoms with Gasteiger partial charge >= 0.3 is 0 Å². The van der Waals surface area contributed by atoms with Gasteiger partial charge in [-0.15, -0.1) is 6.58 Å². The average molecular weight is 285 g/mol. The number of hydrogen-bond donors (Lipinski definition) is 2. The second-order valence-electron chi connectivity index (χ2n) is 6.47. The molecule has 1 aliphatic rings. The Bertz CT molecular complexity index is 658. The standard InChI is InChI=1S/C16H23N5/c1-4-16(2,3)13-10-15(19-12-6-5-11(17)9-12)21-14(20-13)7-8-18-21/h4,7-8,10-12,19H,1,5-6,9,17H2,2-3H3/t11-,12-/m0/s1. The van der Waals surface area contributed by atoms with Crippen molar-refractivity contribution in [1.82, 2.24) is 14.6 Å². The highest BCUT2D eigenvalue weighted by molar-refractivity contribution is 5.51. The maximum Gasteiger partial charge on any atom is 0.157 e. The number of nitrogens with one attached hydrogen (secondary N) is 1. The van der Waals surface area contributed by atoms with E-state index in [4.69, 9.17) is 10.7 Å². The monoisotopic (exact) mass is 285 g/mol. The van der Waals surface area contributed by atoms with Gasteiger partial charge in [0.1, 0.15) is 5.82 Å². The maximum atomic E-state index is 6.00. The molecule has 2 heterocycles. The number of nitrogens with two attached hydrogens (primary N) is 1. The predicted octanol–water partition coefficient (Wildman–Crippen LogP) is 2.48. The van der Waals surface area contributed by atoms with Crippen LogP contribution in [0, 0.1) is 0 Å². The van der Waals surface area contributed by atoms with Crippen molar-refractivity contribution >= 4 is 11.5 Å². The lowest BCUT2D eigenvalue weighted by Gasteiger charge is -2.22. The first-order valence-corrected chi connectivity index (χ1v) is 7.50. The molecule has 2 aromatic heterocycles. The fourth-order valence-corrected chi connectivity index (χ4v) is 2.81. The minimum Gasteiger partial charge on any atom is -0.367 e. The summed E-state index contributed by atoms with van der Waals surface area (Å²) in [7, 11) is 0. The number of anilines is 1. The smallest absolute Gasteiger partial charge is 0.157 e. The lowest BCUT2D eigenvalue weighted by Crippen LogP contribution is -2.23. The molecule has 3 N–H and O–H groups in total. The van der Waals surface area contributed by atoms with Crippen molar-refractivity contribution in [2.24, 2.45) is 5.73 Å². The highest BCUT2D eigenvalue weighted by Gasteiger charge is 2.24. The molecule has 0 spiro atoms. The molecule has 0 aliphatic heterocycles. The lowest BCUT2D eigenvalue weighted by atomic mass is 9.89. The van der Waals surface area contributed by atoms with Gasteiger partial charge in [0.15, 0.2) is 5.65 Å². The van der Waals surface area contributed by atoms with Crippen LogP contribution < -0.4 is 11.1 Å². The van der Waals surface area contributed by atoms with Crippen LogP contribution >= 0.6 is 0 Å². The van der Waals surface area contributed by atoms with Gasteiger partial charge in [-0.25, -0.2) is 4.98 Å². The molecule has 3 rings (SSSR count). The topological polar surface area (TPSA) is 68.2 Å². The number of rotatable bonds is 4. The van der Waals surface area contributed by atoms with E-state index in [0.29, 0.717) is 12.1 Å². The summed E-state index contributed by atoms with van der Waals surface area (Å²) in [5.74, 6) is 0.981. The van der Waals surface area contributed by atoms with E-state index in [0.717, 1.165) is 36.4 Å². The van der Waals surface area contributed by atoms with Gasteiger partial charge in [0.05, 0.1) is 11.9 Å². The number of fused-ring (bicyclic) bond motifs is 1. The van der Waals surface area contributed by atoms with Crippen LogP contribution in [0.25, 0.3) is 5.65 Å². The SMILES string of the molecule is C=CC(C)(C)c1cc(N[C@H]2CC[C@H](N)C2)n2nccc2n1. The van der Waals surface area contributed by atoms with Crippen molar-refractivity contribution in [1.29, 1.82) is 0 Å². The fraction of sp³-hybridized carbons (Fsp3) is 0.500. The molecule has 0 saturated heterocycles. The van der Waals surface area contributed by atoms with Crippen molar-refractivity contribution in [3.8, 4) is 0 Å². The third-order valence-electron chi connectivity index (χ3n) is 4.36. The molecule has 0 bridgehead atoms. The summed E-state index contributed by atoms with van der Waals surface area (Å²) in [6, 6.07) is 4.72. The molecule has 112 valence electrons. The highest BCUT2D eigenvalue weighted by Crippen LogP contribution is 2.27. The molecular formula is C16H23N5. The molecular weight excluding hydrogens is 262 g/mol. The first-order valence-electron chi connectivity index (χ1n) is 7.50. The molecule has 0 aromatic carbocycles. The Kier molecular flexibility index (Phi) is 3.45. The van der Waals surface area contributed by atoms with Crippen LogP contribution in [0.5, 0.6) is 0 Å². The van der Waals surface area contributed by atoms with E-state index in [1.807, 2.05) is 16.7 Å². The van der Waals surface area contributed by atoms with Crippen LogP contribution in [0.1, 0.15) is 38.8 Å². The molecule has 21 heavy (non-hydrogen) atoms. The summed E-state index contributed by atoms with van der Waals surface area (Å²) >= 11 is 0. The fourth-order valence-electron chi connectivity index (χ4n) is 2.81. The van der Waals surface area contributed by atoms with Crippen LogP contribution in [-0.4, -0.2) is 26.7 Å². The lowest BCUT2D eigenvalue weighted by molar-refractivity contribution is 0.641. The molecule has 5 nitrogen and oxygen atoms in total. The van der Waals surface area contributed by atoms with Gasteiger partial charge < -0.3 is 11.1 Å². The molecule has 5 heteroatoms. The van der Waals surface area contributed by atoms with Crippen LogP contribution in [0.3, 0.4) is 0 Å². The van der Waals surface area contributed by atoms with Crippen molar-refractivity contribution in [2.75, 3.05) is 5.32 Å². The zero-order valence-electron chi connectivity index (χ0n) is 12.7. The van der Waals surface area contributed by atoms with Gasteiger partial charge in [-0.1, -0.05) is 19.9 Å². The first-order chi connectivity index (χ1) is 9.99. The van der Waals surface area contributed by atoms with Crippen LogP contribution in [-0.2, 0) is 5.41 Å². The van der Waals surface area contributed by atoms with E-state index in [1.54, 1.807) is 6.20 Å². The third-order valence-corrected chi connectivity index (χ3v) is 4.36. The second-order valence-corrected chi connectivity index (χ2v) is 6.47. The normalized spacial score (nSPS) is 22.6. The Balaban J connectivity index is 1.99. The largest absolute Gasteiger partial charge is 0.367 e. The van der Waals surface area contributed by atoms with Crippen LogP contribution in [0.2, 0.25) is 0 Å². The Morgan fingerprint density at radius 2 is 2.29 bits per heavy atom. The Labute approximate surface area is 125 Å². The molecule has 0 amide bonds. The van der Waals surface area contributed by atoms with Crippen molar-refractivity contribution in [3.63, 3.8) is 0 Å². The van der Waals surface area contributed by atoms with E-state index in [9.17, 15) is 0 Å². The summed E-state index contributed by atoms with van der Waals surface area (Å²) in [4.78, 5) is 4.69. The zero-order valence-corrected chi connectivity index (χ0v) is 12.7. The third kappa shape index (κ3) is 2.65. The molecule has 1 saturated carbocycles. The minimum atomic E-state index is -0.172. The summed E-state index contributed by atoms with van der Waals surface area (Å²) in [6.07, 6.45) is 6.89. The molecule has 2 atom stereocenters. The van der Waals surface area contributed by atoms with E-state index in [1.165, 1.54) is 0 Å². The molecule has 2 aromatic rings. The maximum absolute atomic E-state index is 6.00. The number of hydrogen-bond acceptors (Lipinski definition) is 4. The molecule has 0 radical (unpaired) electrons. The summed E-state index contributed by atoms with van der Waals surface area (Å²) < 4.78 is 1.85. The Hall–Kier alpha value is -1.88. The van der Waals surface area contributed by atoms with Gasteiger partial charge in [-0.2, -0.15) is 9.61 Å². The van der Waals surface area contributed by atoms with Gasteiger partial charge in [0, 0.05) is 29.6 Å². The van der Waals surface area contributed by atoms with Crippen molar-refractivity contribution < 1.29 is 0 Å². The van der Waals surface area contributed by atoms with E-state index >= 15 is 0 Å². The van der Waals surface area contributed by atoms with E-state index in [2.05, 4.69) is 36.9 Å². The van der Waals surface area contributed by atoms with E-state index < -0.39 is 0 Å². The summed E-state index contributed by atoms with van der Waals surface area (Å²) in [6.45, 7) is 8.15. The minimum absolute atomic E-state index is 0.172. The summed E-state index contributed by atoms with van der Waals surface area (Å²) in [5.41, 5.74) is 7.68. The molecule has 1 aliphatic carbocycles. The quantitative estimate of drug-likeness (QED) is 0.847. The van der Waals surface area contributed by atoms with Gasteiger partial charge in [-0.05, 0) is 19.3 Å². The molecule has 0 unspecified atom stereocenters. The van der Waals surface area contributed by atoms with Gasteiger partial charge in [0.25, 0.3) is 0 Å². The predicted molar refractivity (Wildman–Crippen MR) is 85.4 cm³/mol. The zero-order chi connectivity index (χ0) is 15.0. The summed E-state index contributed by atoms with van der Waals surface area (Å²) in [5, 5.41) is 7.95. The van der Waals surface area contributed by atoms with Crippen LogP contribution in [0.4, 0.5) is 5.82 Å². The van der Waals surface area contributed by atoms with Crippen molar-refractivity contribution in [3.05, 3.63) is 36.7 Å². The van der Waals surface area contributed by atoms with E-state index in [-0.39, 0.29) is 5.41 Å². The average Bonchev–Trinajstić information content (AvgIpc) is 3.07. The van der Waals surface area contributed by atoms with Crippen LogP contribution in [0.15, 0.2) is 31.0 Å². The number of allylic oxidation sites excluding steroid dienone is 1. The van der Waals surface area contributed by atoms with Crippen molar-refractivity contribution in [2.45, 2.75) is 50.6 Å². The number of aromatic nitrogens is 3. The Morgan fingerprint density at radius 3 is 2.95 bits per heavy atom. The Morgan fingerprint density at radius 1 is 1.48 bits per heavy atom. The highest BCUT2D eigenvalue weighted by atomic mass is 15.3. The van der Waals surface area contributed by atoms with Gasteiger partial charge in [-0.3, -0.25) is 0 Å². The second kappa shape index (κ2) is 5.15.